The van der Waals surface area contributed by atoms with E-state index < -0.39 is 0 Å². The van der Waals surface area contributed by atoms with Crippen LogP contribution in [-0.4, -0.2) is 15.3 Å². The third kappa shape index (κ3) is 3.84. The summed E-state index contributed by atoms with van der Waals surface area (Å²) in [4.78, 5) is 0. The molecule has 0 radical (unpaired) electrons. The van der Waals surface area contributed by atoms with Gasteiger partial charge in [0.25, 0.3) is 0 Å². The standard InChI is InChI=1S/C15H27N3/c1-12-5-7-14(8-6-12)18-10-9-13(17-18)11-16-15(2,3)4/h9-10,12,14,16H,5-8,11H2,1-4H3. The van der Waals surface area contributed by atoms with E-state index in [1.54, 1.807) is 0 Å². The summed E-state index contributed by atoms with van der Waals surface area (Å²) in [5, 5.41) is 8.20. The van der Waals surface area contributed by atoms with Crippen molar-refractivity contribution in [3.63, 3.8) is 0 Å². The van der Waals surface area contributed by atoms with Gasteiger partial charge in [-0.1, -0.05) is 6.92 Å². The molecule has 1 heterocycles. The zero-order valence-corrected chi connectivity index (χ0v) is 12.2. The Bertz CT molecular complexity index is 367. The van der Waals surface area contributed by atoms with Crippen LogP contribution in [0.3, 0.4) is 0 Å². The summed E-state index contributed by atoms with van der Waals surface area (Å²) in [6.07, 6.45) is 7.42. The molecule has 1 aliphatic carbocycles. The van der Waals surface area contributed by atoms with Gasteiger partial charge in [0.2, 0.25) is 0 Å². The minimum Gasteiger partial charge on any atom is -0.306 e. The van der Waals surface area contributed by atoms with Crippen LogP contribution in [0, 0.1) is 5.92 Å². The summed E-state index contributed by atoms with van der Waals surface area (Å²) < 4.78 is 2.19. The monoisotopic (exact) mass is 249 g/mol. The van der Waals surface area contributed by atoms with E-state index in [0.29, 0.717) is 6.04 Å². The summed E-state index contributed by atoms with van der Waals surface area (Å²) in [5.41, 5.74) is 1.31. The molecule has 3 heteroatoms. The number of nitrogens with zero attached hydrogens (tertiary/aromatic N) is 2. The Morgan fingerprint density at radius 3 is 2.56 bits per heavy atom. The first-order valence-electron chi connectivity index (χ1n) is 7.23. The second kappa shape index (κ2) is 5.43. The van der Waals surface area contributed by atoms with Gasteiger partial charge >= 0.3 is 0 Å². The zero-order valence-electron chi connectivity index (χ0n) is 12.2. The Balaban J connectivity index is 1.90. The molecule has 102 valence electrons. The molecule has 1 N–H and O–H groups in total. The van der Waals surface area contributed by atoms with Crippen molar-refractivity contribution in [1.29, 1.82) is 0 Å². The number of rotatable bonds is 3. The molecule has 0 bridgehead atoms. The summed E-state index contributed by atoms with van der Waals surface area (Å²) in [6, 6.07) is 2.78. The van der Waals surface area contributed by atoms with Gasteiger partial charge in [-0.15, -0.1) is 0 Å². The van der Waals surface area contributed by atoms with Crippen LogP contribution in [0.1, 0.15) is 65.1 Å². The molecule has 3 nitrogen and oxygen atoms in total. The first-order chi connectivity index (χ1) is 8.44. The van der Waals surface area contributed by atoms with Crippen molar-refractivity contribution in [1.82, 2.24) is 15.1 Å². The molecular weight excluding hydrogens is 222 g/mol. The van der Waals surface area contributed by atoms with E-state index in [-0.39, 0.29) is 5.54 Å². The van der Waals surface area contributed by atoms with Crippen molar-refractivity contribution < 1.29 is 0 Å². The highest BCUT2D eigenvalue weighted by Crippen LogP contribution is 2.31. The van der Waals surface area contributed by atoms with Gasteiger partial charge in [-0.25, -0.2) is 0 Å². The second-order valence-electron chi connectivity index (χ2n) is 6.80. The largest absolute Gasteiger partial charge is 0.306 e. The summed E-state index contributed by atoms with van der Waals surface area (Å²) in [6.45, 7) is 9.78. The maximum atomic E-state index is 4.72. The van der Waals surface area contributed by atoms with E-state index in [9.17, 15) is 0 Å². The van der Waals surface area contributed by atoms with Gasteiger partial charge in [0, 0.05) is 18.3 Å². The fourth-order valence-electron chi connectivity index (χ4n) is 2.54. The molecule has 2 rings (SSSR count). The van der Waals surface area contributed by atoms with E-state index in [1.807, 2.05) is 0 Å². The lowest BCUT2D eigenvalue weighted by Gasteiger charge is -2.26. The van der Waals surface area contributed by atoms with Crippen molar-refractivity contribution in [3.05, 3.63) is 18.0 Å². The summed E-state index contributed by atoms with van der Waals surface area (Å²) in [5.74, 6) is 0.902. The molecule has 0 atom stereocenters. The lowest BCUT2D eigenvalue weighted by Crippen LogP contribution is -2.35. The van der Waals surface area contributed by atoms with Crippen LogP contribution in [-0.2, 0) is 6.54 Å². The van der Waals surface area contributed by atoms with Crippen molar-refractivity contribution in [3.8, 4) is 0 Å². The molecule has 0 aliphatic heterocycles. The van der Waals surface area contributed by atoms with Gasteiger partial charge < -0.3 is 5.32 Å². The molecule has 1 aromatic heterocycles. The fourth-order valence-corrected chi connectivity index (χ4v) is 2.54. The summed E-state index contributed by atoms with van der Waals surface area (Å²) in [7, 11) is 0. The molecule has 1 aliphatic rings. The molecular formula is C15H27N3. The van der Waals surface area contributed by atoms with Gasteiger partial charge in [0.1, 0.15) is 0 Å². The first-order valence-corrected chi connectivity index (χ1v) is 7.23. The van der Waals surface area contributed by atoms with E-state index in [0.717, 1.165) is 18.2 Å². The summed E-state index contributed by atoms with van der Waals surface area (Å²) >= 11 is 0. The van der Waals surface area contributed by atoms with Gasteiger partial charge in [0.05, 0.1) is 11.7 Å². The molecule has 18 heavy (non-hydrogen) atoms. The van der Waals surface area contributed by atoms with E-state index >= 15 is 0 Å². The average molecular weight is 249 g/mol. The van der Waals surface area contributed by atoms with Crippen molar-refractivity contribution in [2.45, 2.75) is 71.5 Å². The Hall–Kier alpha value is -0.830. The van der Waals surface area contributed by atoms with Crippen molar-refractivity contribution in [2.24, 2.45) is 5.92 Å². The first kappa shape index (κ1) is 13.6. The topological polar surface area (TPSA) is 29.9 Å². The molecule has 0 aromatic carbocycles. The fraction of sp³-hybridized carbons (Fsp3) is 0.800. The highest BCUT2D eigenvalue weighted by Gasteiger charge is 2.20. The smallest absolute Gasteiger partial charge is 0.0762 e. The van der Waals surface area contributed by atoms with E-state index in [2.05, 4.69) is 50.0 Å². The third-order valence-electron chi connectivity index (χ3n) is 3.82. The SMILES string of the molecule is CC1CCC(n2ccc(CNC(C)(C)C)n2)CC1. The van der Waals surface area contributed by atoms with E-state index in [1.165, 1.54) is 25.7 Å². The van der Waals surface area contributed by atoms with Gasteiger partial charge in [-0.05, 0) is 58.4 Å². The quantitative estimate of drug-likeness (QED) is 0.888. The number of nitrogens with one attached hydrogen (secondary N) is 1. The van der Waals surface area contributed by atoms with Crippen LogP contribution in [0.5, 0.6) is 0 Å². The van der Waals surface area contributed by atoms with Crippen LogP contribution < -0.4 is 5.32 Å². The number of hydrogen-bond donors (Lipinski definition) is 1. The van der Waals surface area contributed by atoms with E-state index in [4.69, 9.17) is 5.10 Å². The van der Waals surface area contributed by atoms with Gasteiger partial charge in [-0.3, -0.25) is 4.68 Å². The minimum absolute atomic E-state index is 0.157. The predicted molar refractivity (Wildman–Crippen MR) is 75.5 cm³/mol. The Kier molecular flexibility index (Phi) is 4.10. The molecule has 0 amide bonds. The maximum Gasteiger partial charge on any atom is 0.0762 e. The molecule has 0 spiro atoms. The molecule has 1 fully saturated rings. The minimum atomic E-state index is 0.157. The second-order valence-corrected chi connectivity index (χ2v) is 6.80. The van der Waals surface area contributed by atoms with Crippen molar-refractivity contribution in [2.75, 3.05) is 0 Å². The van der Waals surface area contributed by atoms with Crippen molar-refractivity contribution >= 4 is 0 Å². The third-order valence-corrected chi connectivity index (χ3v) is 3.82. The van der Waals surface area contributed by atoms with Crippen LogP contribution in [0.15, 0.2) is 12.3 Å². The Morgan fingerprint density at radius 1 is 1.28 bits per heavy atom. The normalized spacial score (nSPS) is 25.3. The predicted octanol–water partition coefficient (Wildman–Crippen LogP) is 3.52. The van der Waals surface area contributed by atoms with Crippen LogP contribution in [0.2, 0.25) is 0 Å². The Labute approximate surface area is 111 Å². The van der Waals surface area contributed by atoms with Crippen LogP contribution in [0.25, 0.3) is 0 Å². The number of aromatic nitrogens is 2. The number of hydrogen-bond acceptors (Lipinski definition) is 2. The Morgan fingerprint density at radius 2 is 1.94 bits per heavy atom. The van der Waals surface area contributed by atoms with Crippen LogP contribution in [0.4, 0.5) is 0 Å². The average Bonchev–Trinajstić information content (AvgIpc) is 2.75. The van der Waals surface area contributed by atoms with Gasteiger partial charge in [0.15, 0.2) is 0 Å². The van der Waals surface area contributed by atoms with Gasteiger partial charge in [-0.2, -0.15) is 5.10 Å². The molecule has 1 aromatic rings. The lowest BCUT2D eigenvalue weighted by atomic mass is 9.87. The molecule has 1 saturated carbocycles. The molecule has 0 saturated heterocycles. The molecule has 0 unspecified atom stereocenters. The lowest BCUT2D eigenvalue weighted by molar-refractivity contribution is 0.272. The highest BCUT2D eigenvalue weighted by molar-refractivity contribution is 5.00. The zero-order chi connectivity index (χ0) is 13.2. The van der Waals surface area contributed by atoms with Crippen LogP contribution >= 0.6 is 0 Å². The maximum absolute atomic E-state index is 4.72. The highest BCUT2D eigenvalue weighted by atomic mass is 15.3.